The van der Waals surface area contributed by atoms with E-state index < -0.39 is 6.10 Å². The first kappa shape index (κ1) is 15.0. The number of nitrogens with one attached hydrogen (secondary N) is 1. The SMILES string of the molecule is C=CC(=O)N1CCC2(CC1)CC(NC(=O)[C@H](C)OC)C2. The number of carbonyl (C=O) groups excluding carboxylic acids is 2. The Morgan fingerprint density at radius 2 is 2.00 bits per heavy atom. The van der Waals surface area contributed by atoms with Crippen molar-refractivity contribution in [2.24, 2.45) is 5.41 Å². The highest BCUT2D eigenvalue weighted by Gasteiger charge is 2.46. The number of likely N-dealkylation sites (tertiary alicyclic amines) is 1. The third-order valence-electron chi connectivity index (χ3n) is 4.74. The number of nitrogens with zero attached hydrogens (tertiary/aromatic N) is 1. The molecule has 1 spiro atoms. The number of hydrogen-bond acceptors (Lipinski definition) is 3. The molecule has 112 valence electrons. The first-order valence-electron chi connectivity index (χ1n) is 7.24. The van der Waals surface area contributed by atoms with Gasteiger partial charge >= 0.3 is 0 Å². The van der Waals surface area contributed by atoms with Gasteiger partial charge in [0.1, 0.15) is 6.10 Å². The lowest BCUT2D eigenvalue weighted by molar-refractivity contribution is -0.134. The molecule has 0 radical (unpaired) electrons. The van der Waals surface area contributed by atoms with Crippen molar-refractivity contribution in [1.29, 1.82) is 0 Å². The van der Waals surface area contributed by atoms with Crippen LogP contribution in [0.25, 0.3) is 0 Å². The zero-order chi connectivity index (χ0) is 14.8. The van der Waals surface area contributed by atoms with E-state index in [1.165, 1.54) is 6.08 Å². The highest BCUT2D eigenvalue weighted by molar-refractivity contribution is 5.87. The van der Waals surface area contributed by atoms with Gasteiger partial charge in [-0.1, -0.05) is 6.58 Å². The molecule has 2 fully saturated rings. The number of rotatable bonds is 4. The van der Waals surface area contributed by atoms with Crippen LogP contribution >= 0.6 is 0 Å². The summed E-state index contributed by atoms with van der Waals surface area (Å²) in [5.74, 6) is -0.00966. The van der Waals surface area contributed by atoms with E-state index in [2.05, 4.69) is 11.9 Å². The lowest BCUT2D eigenvalue weighted by Crippen LogP contribution is -2.56. The van der Waals surface area contributed by atoms with Crippen LogP contribution in [0.15, 0.2) is 12.7 Å². The van der Waals surface area contributed by atoms with Gasteiger partial charge in [0.2, 0.25) is 11.8 Å². The van der Waals surface area contributed by atoms with Gasteiger partial charge in [0, 0.05) is 26.2 Å². The minimum Gasteiger partial charge on any atom is -0.372 e. The number of ether oxygens (including phenoxy) is 1. The smallest absolute Gasteiger partial charge is 0.249 e. The summed E-state index contributed by atoms with van der Waals surface area (Å²) in [4.78, 5) is 25.1. The molecule has 1 aliphatic heterocycles. The molecule has 2 aliphatic rings. The molecule has 2 amide bonds. The van der Waals surface area contributed by atoms with Gasteiger partial charge in [0.15, 0.2) is 0 Å². The van der Waals surface area contributed by atoms with Crippen molar-refractivity contribution in [2.45, 2.75) is 44.8 Å². The predicted octanol–water partition coefficient (Wildman–Crippen LogP) is 1.09. The molecule has 1 atom stereocenters. The monoisotopic (exact) mass is 280 g/mol. The van der Waals surface area contributed by atoms with Crippen molar-refractivity contribution in [2.75, 3.05) is 20.2 Å². The van der Waals surface area contributed by atoms with E-state index in [1.54, 1.807) is 14.0 Å². The molecule has 0 aromatic heterocycles. The molecule has 0 bridgehead atoms. The maximum absolute atomic E-state index is 11.7. The lowest BCUT2D eigenvalue weighted by atomic mass is 9.60. The van der Waals surface area contributed by atoms with Crippen molar-refractivity contribution in [3.63, 3.8) is 0 Å². The number of piperidine rings is 1. The molecule has 0 aromatic rings. The fraction of sp³-hybridized carbons (Fsp3) is 0.733. The van der Waals surface area contributed by atoms with Crippen molar-refractivity contribution < 1.29 is 14.3 Å². The first-order valence-corrected chi connectivity index (χ1v) is 7.24. The van der Waals surface area contributed by atoms with E-state index in [0.717, 1.165) is 38.8 Å². The quantitative estimate of drug-likeness (QED) is 0.784. The van der Waals surface area contributed by atoms with Gasteiger partial charge in [0.05, 0.1) is 0 Å². The zero-order valence-corrected chi connectivity index (χ0v) is 12.4. The predicted molar refractivity (Wildman–Crippen MR) is 76.1 cm³/mol. The maximum Gasteiger partial charge on any atom is 0.249 e. The average Bonchev–Trinajstić information content (AvgIpc) is 2.44. The average molecular weight is 280 g/mol. The highest BCUT2D eigenvalue weighted by atomic mass is 16.5. The van der Waals surface area contributed by atoms with E-state index >= 15 is 0 Å². The normalized spacial score (nSPS) is 23.0. The summed E-state index contributed by atoms with van der Waals surface area (Å²) in [6.45, 7) is 6.89. The lowest BCUT2D eigenvalue weighted by Gasteiger charge is -2.52. The van der Waals surface area contributed by atoms with Crippen molar-refractivity contribution in [3.05, 3.63) is 12.7 Å². The van der Waals surface area contributed by atoms with Crippen LogP contribution in [0.2, 0.25) is 0 Å². The molecule has 1 saturated carbocycles. The van der Waals surface area contributed by atoms with E-state index in [1.807, 2.05) is 4.90 Å². The van der Waals surface area contributed by atoms with Gasteiger partial charge in [-0.2, -0.15) is 0 Å². The third kappa shape index (κ3) is 3.03. The van der Waals surface area contributed by atoms with Crippen molar-refractivity contribution in [3.8, 4) is 0 Å². The van der Waals surface area contributed by atoms with Gasteiger partial charge in [-0.3, -0.25) is 9.59 Å². The topological polar surface area (TPSA) is 58.6 Å². The standard InChI is InChI=1S/C15H24N2O3/c1-4-13(18)17-7-5-15(6-8-17)9-12(10-15)16-14(19)11(2)20-3/h4,11-12H,1,5-10H2,2-3H3,(H,16,19)/t11-/m0/s1. The summed E-state index contributed by atoms with van der Waals surface area (Å²) in [5, 5.41) is 3.02. The number of carbonyl (C=O) groups is 2. The molecule has 0 aromatic carbocycles. The minimum atomic E-state index is -0.390. The third-order valence-corrected chi connectivity index (χ3v) is 4.74. The van der Waals surface area contributed by atoms with E-state index in [0.29, 0.717) is 5.41 Å². The van der Waals surface area contributed by atoms with Crippen LogP contribution in [-0.4, -0.2) is 49.1 Å². The summed E-state index contributed by atoms with van der Waals surface area (Å²) in [5.41, 5.74) is 0.326. The molecule has 20 heavy (non-hydrogen) atoms. The van der Waals surface area contributed by atoms with Gasteiger partial charge < -0.3 is 15.0 Å². The van der Waals surface area contributed by atoms with Gasteiger partial charge in [-0.15, -0.1) is 0 Å². The molecule has 5 nitrogen and oxygen atoms in total. The highest BCUT2D eigenvalue weighted by Crippen LogP contribution is 2.49. The van der Waals surface area contributed by atoms with Crippen LogP contribution < -0.4 is 5.32 Å². The molecule has 5 heteroatoms. The van der Waals surface area contributed by atoms with Crippen molar-refractivity contribution in [1.82, 2.24) is 10.2 Å². The van der Waals surface area contributed by atoms with Gasteiger partial charge in [-0.05, 0) is 44.1 Å². The number of methoxy groups -OCH3 is 1. The summed E-state index contributed by atoms with van der Waals surface area (Å²) in [6, 6.07) is 0.266. The second-order valence-electron chi connectivity index (χ2n) is 6.02. The zero-order valence-electron chi connectivity index (χ0n) is 12.4. The molecule has 2 rings (SSSR count). The molecule has 1 heterocycles. The number of amides is 2. The van der Waals surface area contributed by atoms with Crippen LogP contribution in [0.3, 0.4) is 0 Å². The molecule has 0 unspecified atom stereocenters. The van der Waals surface area contributed by atoms with Crippen LogP contribution in [0.1, 0.15) is 32.6 Å². The van der Waals surface area contributed by atoms with Crippen molar-refractivity contribution >= 4 is 11.8 Å². The summed E-state index contributed by atoms with van der Waals surface area (Å²) in [7, 11) is 1.54. The molecular formula is C15H24N2O3. The van der Waals surface area contributed by atoms with E-state index in [9.17, 15) is 9.59 Å². The number of hydrogen-bond donors (Lipinski definition) is 1. The largest absolute Gasteiger partial charge is 0.372 e. The van der Waals surface area contributed by atoms with Gasteiger partial charge in [-0.25, -0.2) is 0 Å². The minimum absolute atomic E-state index is 0.0259. The van der Waals surface area contributed by atoms with Crippen LogP contribution in [0.4, 0.5) is 0 Å². The van der Waals surface area contributed by atoms with E-state index in [-0.39, 0.29) is 17.9 Å². The Hall–Kier alpha value is -1.36. The maximum atomic E-state index is 11.7. The summed E-state index contributed by atoms with van der Waals surface area (Å²) >= 11 is 0. The Balaban J connectivity index is 1.75. The Bertz CT molecular complexity index is 392. The summed E-state index contributed by atoms with van der Waals surface area (Å²) in [6.07, 6.45) is 5.08. The second-order valence-corrected chi connectivity index (χ2v) is 6.02. The van der Waals surface area contributed by atoms with E-state index in [4.69, 9.17) is 4.74 Å². The Labute approximate surface area is 120 Å². The summed E-state index contributed by atoms with van der Waals surface area (Å²) < 4.78 is 5.01. The molecular weight excluding hydrogens is 256 g/mol. The van der Waals surface area contributed by atoms with Crippen LogP contribution in [0.5, 0.6) is 0 Å². The first-order chi connectivity index (χ1) is 9.49. The Kier molecular flexibility index (Phi) is 4.48. The Morgan fingerprint density at radius 3 is 2.50 bits per heavy atom. The molecule has 1 N–H and O–H groups in total. The second kappa shape index (κ2) is 5.95. The molecule has 1 saturated heterocycles. The van der Waals surface area contributed by atoms with Gasteiger partial charge in [0.25, 0.3) is 0 Å². The fourth-order valence-electron chi connectivity index (χ4n) is 3.25. The molecule has 1 aliphatic carbocycles. The fourth-order valence-corrected chi connectivity index (χ4v) is 3.25. The Morgan fingerprint density at radius 1 is 1.40 bits per heavy atom. The van der Waals surface area contributed by atoms with Crippen LogP contribution in [0, 0.1) is 5.41 Å². The van der Waals surface area contributed by atoms with Crippen LogP contribution in [-0.2, 0) is 14.3 Å².